The van der Waals surface area contributed by atoms with E-state index < -0.39 is 0 Å². The van der Waals surface area contributed by atoms with Gasteiger partial charge in [0.2, 0.25) is 0 Å². The molecule has 106 valence electrons. The van der Waals surface area contributed by atoms with Crippen LogP contribution < -0.4 is 5.32 Å². The van der Waals surface area contributed by atoms with Crippen LogP contribution in [0.15, 0.2) is 24.3 Å². The average molecular weight is 291 g/mol. The van der Waals surface area contributed by atoms with E-state index in [4.69, 9.17) is 16.9 Å². The SMILES string of the molecule is CC(C#N)C1(C)CC(C)(NC(=O)c2cccc(Cl)c2)C1. The van der Waals surface area contributed by atoms with Gasteiger partial charge in [-0.2, -0.15) is 5.26 Å². The first kappa shape index (κ1) is 14.9. The second kappa shape index (κ2) is 5.10. The fraction of sp³-hybridized carbons (Fsp3) is 0.500. The summed E-state index contributed by atoms with van der Waals surface area (Å²) in [4.78, 5) is 12.2. The van der Waals surface area contributed by atoms with E-state index in [1.807, 2.05) is 13.8 Å². The van der Waals surface area contributed by atoms with E-state index in [0.29, 0.717) is 10.6 Å². The fourth-order valence-electron chi connectivity index (χ4n) is 3.26. The monoisotopic (exact) mass is 290 g/mol. The lowest BCUT2D eigenvalue weighted by molar-refractivity contribution is 0.00318. The summed E-state index contributed by atoms with van der Waals surface area (Å²) in [5, 5.41) is 12.7. The Morgan fingerprint density at radius 3 is 2.65 bits per heavy atom. The van der Waals surface area contributed by atoms with Crippen molar-refractivity contribution >= 4 is 17.5 Å². The lowest BCUT2D eigenvalue weighted by Gasteiger charge is -2.54. The van der Waals surface area contributed by atoms with Gasteiger partial charge in [0, 0.05) is 22.0 Å². The second-order valence-electron chi connectivity index (χ2n) is 6.38. The minimum Gasteiger partial charge on any atom is -0.347 e. The number of benzene rings is 1. The third-order valence-corrected chi connectivity index (χ3v) is 4.56. The molecule has 20 heavy (non-hydrogen) atoms. The molecule has 1 aromatic carbocycles. The largest absolute Gasteiger partial charge is 0.347 e. The van der Waals surface area contributed by atoms with Gasteiger partial charge in [0.15, 0.2) is 0 Å². The molecule has 1 aliphatic rings. The normalized spacial score (nSPS) is 29.9. The van der Waals surface area contributed by atoms with Crippen molar-refractivity contribution in [2.45, 2.75) is 39.2 Å². The summed E-state index contributed by atoms with van der Waals surface area (Å²) in [6, 6.07) is 9.23. The van der Waals surface area contributed by atoms with E-state index in [9.17, 15) is 4.79 Å². The first-order valence-electron chi connectivity index (χ1n) is 6.76. The summed E-state index contributed by atoms with van der Waals surface area (Å²) >= 11 is 5.90. The molecule has 0 saturated heterocycles. The number of nitriles is 1. The maximum Gasteiger partial charge on any atom is 0.251 e. The summed E-state index contributed by atoms with van der Waals surface area (Å²) in [5.74, 6) is -0.111. The molecular weight excluding hydrogens is 272 g/mol. The molecule has 0 aliphatic heterocycles. The summed E-state index contributed by atoms with van der Waals surface area (Å²) in [5.41, 5.74) is 0.324. The Kier molecular flexibility index (Phi) is 3.80. The molecule has 3 nitrogen and oxygen atoms in total. The van der Waals surface area contributed by atoms with E-state index in [0.717, 1.165) is 12.8 Å². The zero-order valence-corrected chi connectivity index (χ0v) is 12.8. The van der Waals surface area contributed by atoms with Crippen LogP contribution in [-0.2, 0) is 0 Å². The van der Waals surface area contributed by atoms with E-state index in [2.05, 4.69) is 18.3 Å². The van der Waals surface area contributed by atoms with Crippen LogP contribution in [0.2, 0.25) is 5.02 Å². The average Bonchev–Trinajstić information content (AvgIpc) is 2.35. The third kappa shape index (κ3) is 2.81. The molecule has 1 fully saturated rings. The maximum atomic E-state index is 12.2. The summed E-state index contributed by atoms with van der Waals surface area (Å²) < 4.78 is 0. The first-order chi connectivity index (χ1) is 9.28. The molecular formula is C16H19ClN2O. The van der Waals surface area contributed by atoms with Crippen LogP contribution in [0, 0.1) is 22.7 Å². The van der Waals surface area contributed by atoms with Crippen LogP contribution >= 0.6 is 11.6 Å². The quantitative estimate of drug-likeness (QED) is 0.921. The number of hydrogen-bond acceptors (Lipinski definition) is 2. The highest BCUT2D eigenvalue weighted by molar-refractivity contribution is 6.30. The minimum atomic E-state index is -0.237. The smallest absolute Gasteiger partial charge is 0.251 e. The van der Waals surface area contributed by atoms with Crippen LogP contribution in [0.5, 0.6) is 0 Å². The third-order valence-electron chi connectivity index (χ3n) is 4.33. The minimum absolute atomic E-state index is 0.00125. The van der Waals surface area contributed by atoms with Crippen LogP contribution in [0.1, 0.15) is 44.0 Å². The van der Waals surface area contributed by atoms with Crippen molar-refractivity contribution in [2.24, 2.45) is 11.3 Å². The molecule has 2 rings (SSSR count). The lowest BCUT2D eigenvalue weighted by Crippen LogP contribution is -2.60. The predicted molar refractivity (Wildman–Crippen MR) is 79.4 cm³/mol. The van der Waals surface area contributed by atoms with Crippen LogP contribution in [0.4, 0.5) is 0 Å². The Bertz CT molecular complexity index is 570. The summed E-state index contributed by atoms with van der Waals surface area (Å²) in [7, 11) is 0. The van der Waals surface area contributed by atoms with E-state index in [-0.39, 0.29) is 22.8 Å². The number of carbonyl (C=O) groups excluding carboxylic acids is 1. The second-order valence-corrected chi connectivity index (χ2v) is 6.82. The van der Waals surface area contributed by atoms with Gasteiger partial charge in [-0.25, -0.2) is 0 Å². The topological polar surface area (TPSA) is 52.9 Å². The van der Waals surface area contributed by atoms with E-state index in [1.54, 1.807) is 24.3 Å². The zero-order valence-electron chi connectivity index (χ0n) is 12.0. The maximum absolute atomic E-state index is 12.2. The summed E-state index contributed by atoms with van der Waals surface area (Å²) in [6.07, 6.45) is 1.64. The molecule has 1 aromatic rings. The molecule has 4 heteroatoms. The van der Waals surface area contributed by atoms with Crippen LogP contribution in [-0.4, -0.2) is 11.4 Å². The molecule has 0 radical (unpaired) electrons. The number of hydrogen-bond donors (Lipinski definition) is 1. The van der Waals surface area contributed by atoms with Gasteiger partial charge in [-0.05, 0) is 50.3 Å². The number of nitrogens with zero attached hydrogens (tertiary/aromatic N) is 1. The zero-order chi connectivity index (χ0) is 15.0. The Morgan fingerprint density at radius 2 is 2.10 bits per heavy atom. The molecule has 0 bridgehead atoms. The van der Waals surface area contributed by atoms with Gasteiger partial charge in [0.05, 0.1) is 6.07 Å². The van der Waals surface area contributed by atoms with Crippen molar-refractivity contribution in [2.75, 3.05) is 0 Å². The van der Waals surface area contributed by atoms with Gasteiger partial charge in [-0.1, -0.05) is 24.6 Å². The van der Waals surface area contributed by atoms with Crippen LogP contribution in [0.25, 0.3) is 0 Å². The Hall–Kier alpha value is -1.53. The van der Waals surface area contributed by atoms with Crippen molar-refractivity contribution in [3.8, 4) is 6.07 Å². The molecule has 0 spiro atoms. The lowest BCUT2D eigenvalue weighted by atomic mass is 9.54. The van der Waals surface area contributed by atoms with Crippen LogP contribution in [0.3, 0.4) is 0 Å². The van der Waals surface area contributed by atoms with E-state index >= 15 is 0 Å². The standard InChI is InChI=1S/C16H19ClN2O/c1-11(8-18)15(2)9-16(3,10-15)19-14(20)12-5-4-6-13(17)7-12/h4-7,11H,9-10H2,1-3H3,(H,19,20). The number of rotatable bonds is 3. The van der Waals surface area contributed by atoms with Crippen molar-refractivity contribution in [3.63, 3.8) is 0 Å². The fourth-order valence-corrected chi connectivity index (χ4v) is 3.45. The van der Waals surface area contributed by atoms with Gasteiger partial charge < -0.3 is 5.32 Å². The summed E-state index contributed by atoms with van der Waals surface area (Å²) in [6.45, 7) is 6.08. The number of amides is 1. The van der Waals surface area contributed by atoms with Crippen molar-refractivity contribution in [1.82, 2.24) is 5.32 Å². The Morgan fingerprint density at radius 1 is 1.45 bits per heavy atom. The predicted octanol–water partition coefficient (Wildman–Crippen LogP) is 3.79. The molecule has 1 aliphatic carbocycles. The van der Waals surface area contributed by atoms with Gasteiger partial charge in [-0.15, -0.1) is 0 Å². The highest BCUT2D eigenvalue weighted by Crippen LogP contribution is 2.52. The molecule has 1 amide bonds. The Labute approximate surface area is 124 Å². The molecule has 1 saturated carbocycles. The van der Waals surface area contributed by atoms with Crippen molar-refractivity contribution < 1.29 is 4.79 Å². The van der Waals surface area contributed by atoms with Gasteiger partial charge in [0.1, 0.15) is 0 Å². The molecule has 0 heterocycles. The van der Waals surface area contributed by atoms with Crippen molar-refractivity contribution in [3.05, 3.63) is 34.9 Å². The first-order valence-corrected chi connectivity index (χ1v) is 7.13. The highest BCUT2D eigenvalue weighted by Gasteiger charge is 2.52. The molecule has 0 aromatic heterocycles. The van der Waals surface area contributed by atoms with Gasteiger partial charge >= 0.3 is 0 Å². The number of nitrogens with one attached hydrogen (secondary N) is 1. The number of carbonyl (C=O) groups is 1. The molecule has 1 atom stereocenters. The van der Waals surface area contributed by atoms with Crippen molar-refractivity contribution in [1.29, 1.82) is 5.26 Å². The molecule has 1 N–H and O–H groups in total. The molecule has 1 unspecified atom stereocenters. The Balaban J connectivity index is 2.02. The number of halogens is 1. The highest BCUT2D eigenvalue weighted by atomic mass is 35.5. The van der Waals surface area contributed by atoms with Gasteiger partial charge in [0.25, 0.3) is 5.91 Å². The van der Waals surface area contributed by atoms with Gasteiger partial charge in [-0.3, -0.25) is 4.79 Å². The van der Waals surface area contributed by atoms with E-state index in [1.165, 1.54) is 0 Å².